The van der Waals surface area contributed by atoms with Gasteiger partial charge in [-0.15, -0.1) is 0 Å². The molecule has 0 fully saturated rings. The van der Waals surface area contributed by atoms with E-state index < -0.39 is 0 Å². The summed E-state index contributed by atoms with van der Waals surface area (Å²) in [7, 11) is 3.93. The summed E-state index contributed by atoms with van der Waals surface area (Å²) in [5.41, 5.74) is 2.52. The maximum absolute atomic E-state index is 5.35. The summed E-state index contributed by atoms with van der Waals surface area (Å²) in [6, 6.07) is 2.38. The van der Waals surface area contributed by atoms with Gasteiger partial charge in [-0.2, -0.15) is 5.10 Å². The number of aromatic nitrogens is 2. The molecule has 1 atom stereocenters. The Kier molecular flexibility index (Phi) is 3.64. The molecule has 2 rings (SSSR count). The Bertz CT molecular complexity index is 472. The SMILES string of the molecule is CNC(CCc1cnn(C)c1)c1ccoc1C. The molecule has 0 saturated carbocycles. The lowest BCUT2D eigenvalue weighted by Gasteiger charge is -2.14. The highest BCUT2D eigenvalue weighted by atomic mass is 16.3. The van der Waals surface area contributed by atoms with Gasteiger partial charge in [0.15, 0.2) is 0 Å². The molecule has 4 heteroatoms. The molecule has 0 radical (unpaired) electrons. The molecule has 0 aliphatic carbocycles. The monoisotopic (exact) mass is 233 g/mol. The van der Waals surface area contributed by atoms with Gasteiger partial charge in [-0.1, -0.05) is 0 Å². The molecule has 0 amide bonds. The molecular weight excluding hydrogens is 214 g/mol. The second kappa shape index (κ2) is 5.19. The van der Waals surface area contributed by atoms with Gasteiger partial charge in [0.1, 0.15) is 5.76 Å². The molecule has 0 aromatic carbocycles. The van der Waals surface area contributed by atoms with Crippen molar-refractivity contribution >= 4 is 0 Å². The van der Waals surface area contributed by atoms with Crippen LogP contribution in [0.25, 0.3) is 0 Å². The van der Waals surface area contributed by atoms with Gasteiger partial charge < -0.3 is 9.73 Å². The Labute approximate surface area is 102 Å². The van der Waals surface area contributed by atoms with Crippen molar-refractivity contribution in [3.8, 4) is 0 Å². The molecule has 0 aliphatic rings. The van der Waals surface area contributed by atoms with Crippen LogP contribution >= 0.6 is 0 Å². The van der Waals surface area contributed by atoms with Crippen molar-refractivity contribution in [2.75, 3.05) is 7.05 Å². The molecule has 0 saturated heterocycles. The van der Waals surface area contributed by atoms with E-state index in [-0.39, 0.29) is 0 Å². The predicted octanol–water partition coefficient (Wildman–Crippen LogP) is 2.21. The van der Waals surface area contributed by atoms with Crippen LogP contribution in [0.1, 0.15) is 29.3 Å². The highest BCUT2D eigenvalue weighted by molar-refractivity contribution is 5.20. The fourth-order valence-corrected chi connectivity index (χ4v) is 2.12. The molecule has 1 unspecified atom stereocenters. The van der Waals surface area contributed by atoms with Crippen LogP contribution in [-0.4, -0.2) is 16.8 Å². The molecule has 17 heavy (non-hydrogen) atoms. The van der Waals surface area contributed by atoms with Gasteiger partial charge in [-0.25, -0.2) is 0 Å². The largest absolute Gasteiger partial charge is 0.469 e. The first-order valence-electron chi connectivity index (χ1n) is 5.89. The molecule has 2 heterocycles. The minimum Gasteiger partial charge on any atom is -0.469 e. The standard InChI is InChI=1S/C13H19N3O/c1-10-12(6-7-17-10)13(14-2)5-4-11-8-15-16(3)9-11/h6-9,13-14H,4-5H2,1-3H3. The minimum atomic E-state index is 0.342. The quantitative estimate of drug-likeness (QED) is 0.861. The van der Waals surface area contributed by atoms with E-state index in [1.54, 1.807) is 6.26 Å². The fourth-order valence-electron chi connectivity index (χ4n) is 2.12. The summed E-state index contributed by atoms with van der Waals surface area (Å²) in [6.07, 6.45) is 7.80. The number of nitrogens with zero attached hydrogens (tertiary/aromatic N) is 2. The first-order valence-corrected chi connectivity index (χ1v) is 5.89. The van der Waals surface area contributed by atoms with Crippen LogP contribution in [0.2, 0.25) is 0 Å². The van der Waals surface area contributed by atoms with Gasteiger partial charge in [0.05, 0.1) is 12.5 Å². The number of aryl methyl sites for hydroxylation is 3. The number of nitrogens with one attached hydrogen (secondary N) is 1. The third-order valence-electron chi connectivity index (χ3n) is 3.10. The van der Waals surface area contributed by atoms with Crippen molar-refractivity contribution in [3.63, 3.8) is 0 Å². The first-order chi connectivity index (χ1) is 8.20. The zero-order valence-corrected chi connectivity index (χ0v) is 10.6. The average molecular weight is 233 g/mol. The van der Waals surface area contributed by atoms with E-state index in [9.17, 15) is 0 Å². The van der Waals surface area contributed by atoms with Crippen molar-refractivity contribution in [2.24, 2.45) is 7.05 Å². The van der Waals surface area contributed by atoms with E-state index in [1.807, 2.05) is 38.0 Å². The maximum atomic E-state index is 5.35. The second-order valence-corrected chi connectivity index (χ2v) is 4.33. The molecule has 0 bridgehead atoms. The van der Waals surface area contributed by atoms with Crippen molar-refractivity contribution in [3.05, 3.63) is 41.6 Å². The summed E-state index contributed by atoms with van der Waals surface area (Å²) >= 11 is 0. The number of hydrogen-bond donors (Lipinski definition) is 1. The lowest BCUT2D eigenvalue weighted by Crippen LogP contribution is -2.17. The van der Waals surface area contributed by atoms with E-state index in [0.717, 1.165) is 18.6 Å². The van der Waals surface area contributed by atoms with E-state index in [0.29, 0.717) is 6.04 Å². The van der Waals surface area contributed by atoms with Crippen molar-refractivity contribution in [1.82, 2.24) is 15.1 Å². The molecule has 2 aromatic rings. The molecule has 92 valence electrons. The predicted molar refractivity (Wildman–Crippen MR) is 66.8 cm³/mol. The Morgan fingerprint density at radius 1 is 1.53 bits per heavy atom. The van der Waals surface area contributed by atoms with Gasteiger partial charge >= 0.3 is 0 Å². The van der Waals surface area contributed by atoms with Crippen LogP contribution in [0.3, 0.4) is 0 Å². The van der Waals surface area contributed by atoms with Crippen LogP contribution in [0.15, 0.2) is 29.1 Å². The van der Waals surface area contributed by atoms with Gasteiger partial charge in [0.2, 0.25) is 0 Å². The third kappa shape index (κ3) is 2.77. The van der Waals surface area contributed by atoms with Crippen molar-refractivity contribution in [2.45, 2.75) is 25.8 Å². The van der Waals surface area contributed by atoms with Crippen molar-refractivity contribution < 1.29 is 4.42 Å². The summed E-state index contributed by atoms with van der Waals surface area (Å²) in [6.45, 7) is 2.00. The maximum Gasteiger partial charge on any atom is 0.105 e. The van der Waals surface area contributed by atoms with Gasteiger partial charge in [-0.05, 0) is 38.4 Å². The van der Waals surface area contributed by atoms with E-state index in [1.165, 1.54) is 11.1 Å². The average Bonchev–Trinajstić information content (AvgIpc) is 2.90. The van der Waals surface area contributed by atoms with Gasteiger partial charge in [0, 0.05) is 24.8 Å². The van der Waals surface area contributed by atoms with E-state index in [4.69, 9.17) is 4.42 Å². The van der Waals surface area contributed by atoms with E-state index in [2.05, 4.69) is 16.6 Å². The van der Waals surface area contributed by atoms with Gasteiger partial charge in [-0.3, -0.25) is 4.68 Å². The fraction of sp³-hybridized carbons (Fsp3) is 0.462. The number of rotatable bonds is 5. The van der Waals surface area contributed by atoms with Crippen LogP contribution in [0.4, 0.5) is 0 Å². The normalized spacial score (nSPS) is 12.9. The first kappa shape index (κ1) is 11.9. The Morgan fingerprint density at radius 2 is 2.35 bits per heavy atom. The summed E-state index contributed by atoms with van der Waals surface area (Å²) in [4.78, 5) is 0. The Balaban J connectivity index is 1.99. The van der Waals surface area contributed by atoms with Crippen molar-refractivity contribution in [1.29, 1.82) is 0 Å². The number of furan rings is 1. The van der Waals surface area contributed by atoms with E-state index >= 15 is 0 Å². The molecule has 2 aromatic heterocycles. The second-order valence-electron chi connectivity index (χ2n) is 4.33. The topological polar surface area (TPSA) is 43.0 Å². The zero-order valence-electron chi connectivity index (χ0n) is 10.6. The summed E-state index contributed by atoms with van der Waals surface area (Å²) in [5.74, 6) is 0.996. The lowest BCUT2D eigenvalue weighted by molar-refractivity contribution is 0.501. The van der Waals surface area contributed by atoms with Crippen LogP contribution in [0.5, 0.6) is 0 Å². The lowest BCUT2D eigenvalue weighted by atomic mass is 10.0. The summed E-state index contributed by atoms with van der Waals surface area (Å²) in [5, 5.41) is 7.51. The molecule has 0 spiro atoms. The molecule has 1 N–H and O–H groups in total. The highest BCUT2D eigenvalue weighted by Gasteiger charge is 2.14. The van der Waals surface area contributed by atoms with Gasteiger partial charge in [0.25, 0.3) is 0 Å². The van der Waals surface area contributed by atoms with Crippen LogP contribution in [0, 0.1) is 6.92 Å². The molecular formula is C13H19N3O. The molecule has 0 aliphatic heterocycles. The third-order valence-corrected chi connectivity index (χ3v) is 3.10. The van der Waals surface area contributed by atoms with Crippen LogP contribution in [-0.2, 0) is 13.5 Å². The number of hydrogen-bond acceptors (Lipinski definition) is 3. The Morgan fingerprint density at radius 3 is 2.88 bits per heavy atom. The van der Waals surface area contributed by atoms with Crippen LogP contribution < -0.4 is 5.32 Å². The Hall–Kier alpha value is -1.55. The molecule has 4 nitrogen and oxygen atoms in total. The minimum absolute atomic E-state index is 0.342. The smallest absolute Gasteiger partial charge is 0.105 e. The highest BCUT2D eigenvalue weighted by Crippen LogP contribution is 2.22. The zero-order chi connectivity index (χ0) is 12.3. The summed E-state index contributed by atoms with van der Waals surface area (Å²) < 4.78 is 7.19.